The van der Waals surface area contributed by atoms with Gasteiger partial charge < -0.3 is 9.73 Å². The number of nitrogens with one attached hydrogen (secondary N) is 1. The molecule has 23 heavy (non-hydrogen) atoms. The molecule has 0 saturated carbocycles. The number of nitrogens with zero attached hydrogens (tertiary/aromatic N) is 1. The van der Waals surface area contributed by atoms with Crippen LogP contribution in [-0.2, 0) is 0 Å². The van der Waals surface area contributed by atoms with E-state index >= 15 is 0 Å². The second kappa shape index (κ2) is 6.20. The number of hydrogen-bond acceptors (Lipinski definition) is 3. The number of benzene rings is 2. The van der Waals surface area contributed by atoms with Gasteiger partial charge in [-0.05, 0) is 37.3 Å². The fourth-order valence-electron chi connectivity index (χ4n) is 2.19. The minimum Gasteiger partial charge on any atom is -0.441 e. The summed E-state index contributed by atoms with van der Waals surface area (Å²) in [6.45, 7) is 1.71. The van der Waals surface area contributed by atoms with Crippen molar-refractivity contribution in [2.24, 2.45) is 0 Å². The third-order valence-corrected chi connectivity index (χ3v) is 3.32. The first-order valence-electron chi connectivity index (χ1n) is 7.08. The lowest BCUT2D eigenvalue weighted by atomic mass is 10.2. The van der Waals surface area contributed by atoms with Crippen LogP contribution in [0.1, 0.15) is 21.8 Å². The summed E-state index contributed by atoms with van der Waals surface area (Å²) < 4.78 is 5.60. The van der Waals surface area contributed by atoms with Crippen LogP contribution in [-0.4, -0.2) is 10.9 Å². The Morgan fingerprint density at radius 3 is 2.70 bits per heavy atom. The molecular formula is C19H14N2O2. The number of anilines is 1. The third-order valence-electron chi connectivity index (χ3n) is 3.32. The SMILES string of the molecule is C#Cc1cccc(NC(=O)c2nc(-c3ccccc3)oc2C)c1. The Morgan fingerprint density at radius 2 is 1.96 bits per heavy atom. The van der Waals surface area contributed by atoms with E-state index in [1.807, 2.05) is 30.3 Å². The number of aromatic nitrogens is 1. The average molecular weight is 302 g/mol. The van der Waals surface area contributed by atoms with Gasteiger partial charge in [-0.15, -0.1) is 6.42 Å². The second-order valence-corrected chi connectivity index (χ2v) is 4.97. The van der Waals surface area contributed by atoms with Crippen LogP contribution in [0, 0.1) is 19.3 Å². The van der Waals surface area contributed by atoms with Crippen molar-refractivity contribution in [3.63, 3.8) is 0 Å². The maximum Gasteiger partial charge on any atom is 0.277 e. The molecule has 0 aliphatic heterocycles. The van der Waals surface area contributed by atoms with E-state index in [1.165, 1.54) is 0 Å². The van der Waals surface area contributed by atoms with Gasteiger partial charge in [0.1, 0.15) is 5.76 Å². The maximum absolute atomic E-state index is 12.4. The Labute approximate surface area is 134 Å². The number of oxazole rings is 1. The molecule has 3 rings (SSSR count). The lowest BCUT2D eigenvalue weighted by Gasteiger charge is -2.03. The maximum atomic E-state index is 12.4. The fraction of sp³-hybridized carbons (Fsp3) is 0.0526. The van der Waals surface area contributed by atoms with Gasteiger partial charge in [0.05, 0.1) is 0 Å². The summed E-state index contributed by atoms with van der Waals surface area (Å²) >= 11 is 0. The molecule has 0 radical (unpaired) electrons. The van der Waals surface area contributed by atoms with Crippen LogP contribution in [0.4, 0.5) is 5.69 Å². The van der Waals surface area contributed by atoms with Crippen molar-refractivity contribution in [1.29, 1.82) is 0 Å². The molecule has 1 aromatic heterocycles. The number of rotatable bonds is 3. The first-order chi connectivity index (χ1) is 11.2. The van der Waals surface area contributed by atoms with Gasteiger partial charge in [0.25, 0.3) is 5.91 Å². The molecular weight excluding hydrogens is 288 g/mol. The van der Waals surface area contributed by atoms with E-state index in [0.29, 0.717) is 22.9 Å². The summed E-state index contributed by atoms with van der Waals surface area (Å²) in [5.74, 6) is 3.09. The summed E-state index contributed by atoms with van der Waals surface area (Å²) in [6, 6.07) is 16.5. The lowest BCUT2D eigenvalue weighted by Crippen LogP contribution is -2.13. The average Bonchev–Trinajstić information content (AvgIpc) is 2.98. The number of terminal acetylenes is 1. The Kier molecular flexibility index (Phi) is 3.94. The molecule has 0 fully saturated rings. The summed E-state index contributed by atoms with van der Waals surface area (Å²) in [7, 11) is 0. The van der Waals surface area contributed by atoms with Crippen LogP contribution >= 0.6 is 0 Å². The number of hydrogen-bond donors (Lipinski definition) is 1. The molecule has 1 heterocycles. The lowest BCUT2D eigenvalue weighted by molar-refractivity contribution is 0.102. The Hall–Kier alpha value is -3.32. The van der Waals surface area contributed by atoms with Gasteiger partial charge in [0.15, 0.2) is 5.69 Å². The van der Waals surface area contributed by atoms with Gasteiger partial charge in [-0.3, -0.25) is 4.79 Å². The molecule has 0 atom stereocenters. The van der Waals surface area contributed by atoms with Gasteiger partial charge in [0, 0.05) is 16.8 Å². The highest BCUT2D eigenvalue weighted by Gasteiger charge is 2.18. The largest absolute Gasteiger partial charge is 0.441 e. The highest BCUT2D eigenvalue weighted by Crippen LogP contribution is 2.22. The van der Waals surface area contributed by atoms with Gasteiger partial charge in [-0.1, -0.05) is 30.2 Å². The number of amides is 1. The van der Waals surface area contributed by atoms with Crippen molar-refractivity contribution >= 4 is 11.6 Å². The van der Waals surface area contributed by atoms with Gasteiger partial charge in [-0.25, -0.2) is 4.98 Å². The molecule has 0 unspecified atom stereocenters. The van der Waals surface area contributed by atoms with E-state index < -0.39 is 0 Å². The fourth-order valence-corrected chi connectivity index (χ4v) is 2.19. The van der Waals surface area contributed by atoms with Crippen molar-refractivity contribution in [2.75, 3.05) is 5.32 Å². The molecule has 112 valence electrons. The van der Waals surface area contributed by atoms with Crippen molar-refractivity contribution in [3.8, 4) is 23.8 Å². The smallest absolute Gasteiger partial charge is 0.277 e. The van der Waals surface area contributed by atoms with Crippen molar-refractivity contribution in [1.82, 2.24) is 4.98 Å². The first kappa shape index (κ1) is 14.6. The molecule has 0 saturated heterocycles. The minimum absolute atomic E-state index is 0.259. The molecule has 0 spiro atoms. The van der Waals surface area contributed by atoms with E-state index in [2.05, 4.69) is 16.2 Å². The Bertz CT molecular complexity index is 889. The van der Waals surface area contributed by atoms with Crippen LogP contribution in [0.5, 0.6) is 0 Å². The molecule has 0 aliphatic rings. The summed E-state index contributed by atoms with van der Waals surface area (Å²) in [6.07, 6.45) is 5.36. The quantitative estimate of drug-likeness (QED) is 0.747. The van der Waals surface area contributed by atoms with Gasteiger partial charge in [-0.2, -0.15) is 0 Å². The van der Waals surface area contributed by atoms with E-state index in [4.69, 9.17) is 10.8 Å². The topological polar surface area (TPSA) is 55.1 Å². The second-order valence-electron chi connectivity index (χ2n) is 4.97. The highest BCUT2D eigenvalue weighted by atomic mass is 16.4. The predicted molar refractivity (Wildman–Crippen MR) is 89.0 cm³/mol. The summed E-state index contributed by atoms with van der Waals surface area (Å²) in [5, 5.41) is 2.78. The predicted octanol–water partition coefficient (Wildman–Crippen LogP) is 3.88. The van der Waals surface area contributed by atoms with E-state index in [1.54, 1.807) is 31.2 Å². The summed E-state index contributed by atoms with van der Waals surface area (Å²) in [5.41, 5.74) is 2.40. The highest BCUT2D eigenvalue weighted by molar-refractivity contribution is 6.03. The molecule has 0 aliphatic carbocycles. The minimum atomic E-state index is -0.331. The first-order valence-corrected chi connectivity index (χ1v) is 7.08. The van der Waals surface area contributed by atoms with Crippen molar-refractivity contribution in [3.05, 3.63) is 71.6 Å². The summed E-state index contributed by atoms with van der Waals surface area (Å²) in [4.78, 5) is 16.7. The number of aryl methyl sites for hydroxylation is 1. The standard InChI is InChI=1S/C19H14N2O2/c1-3-14-8-7-11-16(12-14)20-18(22)17-13(2)23-19(21-17)15-9-5-4-6-10-15/h1,4-12H,2H3,(H,20,22). The van der Waals surface area contributed by atoms with Crippen molar-refractivity contribution in [2.45, 2.75) is 6.92 Å². The van der Waals surface area contributed by atoms with Crippen molar-refractivity contribution < 1.29 is 9.21 Å². The Balaban J connectivity index is 1.85. The number of carbonyl (C=O) groups excluding carboxylic acids is 1. The van der Waals surface area contributed by atoms with E-state index in [-0.39, 0.29) is 11.6 Å². The molecule has 1 amide bonds. The molecule has 4 nitrogen and oxygen atoms in total. The molecule has 0 bridgehead atoms. The van der Waals surface area contributed by atoms with E-state index in [9.17, 15) is 4.79 Å². The van der Waals surface area contributed by atoms with Crippen LogP contribution in [0.2, 0.25) is 0 Å². The molecule has 2 aromatic carbocycles. The van der Waals surface area contributed by atoms with Crippen LogP contribution < -0.4 is 5.32 Å². The normalized spacial score (nSPS) is 10.1. The third kappa shape index (κ3) is 3.14. The Morgan fingerprint density at radius 1 is 1.17 bits per heavy atom. The molecule has 3 aromatic rings. The van der Waals surface area contributed by atoms with E-state index in [0.717, 1.165) is 5.56 Å². The zero-order valence-corrected chi connectivity index (χ0v) is 12.5. The number of carbonyl (C=O) groups is 1. The van der Waals surface area contributed by atoms with Gasteiger partial charge in [0.2, 0.25) is 5.89 Å². The monoisotopic (exact) mass is 302 g/mol. The van der Waals surface area contributed by atoms with Crippen LogP contribution in [0.25, 0.3) is 11.5 Å². The van der Waals surface area contributed by atoms with Crippen LogP contribution in [0.3, 0.4) is 0 Å². The van der Waals surface area contributed by atoms with Gasteiger partial charge >= 0.3 is 0 Å². The molecule has 1 N–H and O–H groups in total. The zero-order chi connectivity index (χ0) is 16.2. The van der Waals surface area contributed by atoms with Crippen LogP contribution in [0.15, 0.2) is 59.0 Å². The molecule has 4 heteroatoms. The zero-order valence-electron chi connectivity index (χ0n) is 12.5.